The fourth-order valence-electron chi connectivity index (χ4n) is 4.76. The van der Waals surface area contributed by atoms with E-state index in [-0.39, 0.29) is 30.6 Å². The van der Waals surface area contributed by atoms with E-state index >= 15 is 0 Å². The van der Waals surface area contributed by atoms with E-state index in [1.165, 1.54) is 4.90 Å². The highest BCUT2D eigenvalue weighted by Crippen LogP contribution is 2.35. The quantitative estimate of drug-likeness (QED) is 0.314. The third kappa shape index (κ3) is 8.41. The van der Waals surface area contributed by atoms with Gasteiger partial charge in [0, 0.05) is 25.1 Å². The zero-order valence-electron chi connectivity index (χ0n) is 25.0. The molecule has 230 valence electrons. The predicted molar refractivity (Wildman–Crippen MR) is 165 cm³/mol. The van der Waals surface area contributed by atoms with Crippen molar-refractivity contribution in [1.29, 1.82) is 0 Å². The first-order valence-electron chi connectivity index (χ1n) is 14.2. The lowest BCUT2D eigenvalue weighted by Gasteiger charge is -2.34. The van der Waals surface area contributed by atoms with Crippen LogP contribution in [0.15, 0.2) is 72.8 Å². The Morgan fingerprint density at radius 1 is 0.953 bits per heavy atom. The Hall–Kier alpha value is -4.25. The Morgan fingerprint density at radius 3 is 2.33 bits per heavy atom. The second-order valence-corrected chi connectivity index (χ2v) is 12.4. The van der Waals surface area contributed by atoms with Crippen LogP contribution in [0.5, 0.6) is 17.2 Å². The summed E-state index contributed by atoms with van der Waals surface area (Å²) in [5.41, 5.74) is 1.85. The molecule has 11 heteroatoms. The molecule has 3 aromatic rings. The minimum absolute atomic E-state index is 0.0558. The molecule has 2 amide bonds. The van der Waals surface area contributed by atoms with Gasteiger partial charge in [0.05, 0.1) is 19.1 Å². The molecule has 3 aromatic carbocycles. The number of carbonyl (C=O) groups is 2. The Labute approximate surface area is 253 Å². The van der Waals surface area contributed by atoms with Crippen molar-refractivity contribution >= 4 is 27.5 Å². The number of methoxy groups -OCH3 is 1. The van der Waals surface area contributed by atoms with Crippen molar-refractivity contribution in [1.82, 2.24) is 10.2 Å². The van der Waals surface area contributed by atoms with E-state index < -0.39 is 28.5 Å². The van der Waals surface area contributed by atoms with E-state index in [1.54, 1.807) is 43.5 Å². The van der Waals surface area contributed by atoms with Gasteiger partial charge in [-0.2, -0.15) is 0 Å². The lowest BCUT2D eigenvalue weighted by Crippen LogP contribution is -2.54. The summed E-state index contributed by atoms with van der Waals surface area (Å²) in [5, 5.41) is 3.02. The number of hydrogen-bond donors (Lipinski definition) is 1. The van der Waals surface area contributed by atoms with Crippen molar-refractivity contribution in [3.05, 3.63) is 83.9 Å². The lowest BCUT2D eigenvalue weighted by atomic mass is 10.0. The number of rotatable bonds is 13. The van der Waals surface area contributed by atoms with E-state index in [9.17, 15) is 18.0 Å². The molecule has 0 fully saturated rings. The number of fused-ring (bicyclic) bond motifs is 1. The first-order chi connectivity index (χ1) is 20.6. The number of anilines is 1. The van der Waals surface area contributed by atoms with Crippen molar-refractivity contribution in [3.63, 3.8) is 0 Å². The van der Waals surface area contributed by atoms with Crippen molar-refractivity contribution in [3.8, 4) is 17.2 Å². The highest BCUT2D eigenvalue weighted by Gasteiger charge is 2.34. The van der Waals surface area contributed by atoms with Gasteiger partial charge in [-0.25, -0.2) is 8.42 Å². The molecule has 4 rings (SSSR count). The third-order valence-corrected chi connectivity index (χ3v) is 8.39. The minimum Gasteiger partial charge on any atom is -0.497 e. The summed E-state index contributed by atoms with van der Waals surface area (Å²) in [4.78, 5) is 29.5. The van der Waals surface area contributed by atoms with Crippen LogP contribution in [0, 0.1) is 0 Å². The van der Waals surface area contributed by atoms with Crippen LogP contribution < -0.4 is 23.8 Å². The molecule has 0 unspecified atom stereocenters. The highest BCUT2D eigenvalue weighted by molar-refractivity contribution is 7.92. The Bertz CT molecular complexity index is 1510. The molecular formula is C32H39N3O7S. The van der Waals surface area contributed by atoms with Crippen LogP contribution in [0.25, 0.3) is 0 Å². The van der Waals surface area contributed by atoms with Crippen LogP contribution in [-0.2, 0) is 32.6 Å². The molecule has 0 spiro atoms. The maximum Gasteiger partial charge on any atom is 0.244 e. The van der Waals surface area contributed by atoms with E-state index in [2.05, 4.69) is 5.32 Å². The molecule has 1 aliphatic rings. The second-order valence-electron chi connectivity index (χ2n) is 10.5. The van der Waals surface area contributed by atoms with Crippen molar-refractivity contribution < 1.29 is 32.2 Å². The smallest absolute Gasteiger partial charge is 0.244 e. The van der Waals surface area contributed by atoms with Gasteiger partial charge in [0.15, 0.2) is 11.5 Å². The van der Waals surface area contributed by atoms with Gasteiger partial charge in [0.2, 0.25) is 21.8 Å². The fourth-order valence-corrected chi connectivity index (χ4v) is 5.60. The average Bonchev–Trinajstić information content (AvgIpc) is 3.01. The van der Waals surface area contributed by atoms with Gasteiger partial charge in [-0.15, -0.1) is 0 Å². The number of nitrogens with one attached hydrogen (secondary N) is 1. The maximum absolute atomic E-state index is 14.3. The van der Waals surface area contributed by atoms with Crippen LogP contribution >= 0.6 is 0 Å². The third-order valence-electron chi connectivity index (χ3n) is 7.25. The Morgan fingerprint density at radius 2 is 1.65 bits per heavy atom. The molecule has 1 N–H and O–H groups in total. The predicted octanol–water partition coefficient (Wildman–Crippen LogP) is 3.79. The zero-order valence-corrected chi connectivity index (χ0v) is 25.8. The van der Waals surface area contributed by atoms with Crippen molar-refractivity contribution in [2.24, 2.45) is 0 Å². The minimum atomic E-state index is -3.92. The molecule has 0 aliphatic carbocycles. The fraction of sp³-hybridized carbons (Fsp3) is 0.375. The second kappa shape index (κ2) is 14.3. The van der Waals surface area contributed by atoms with Crippen LogP contribution in [0.1, 0.15) is 31.4 Å². The summed E-state index contributed by atoms with van der Waals surface area (Å²) in [6.45, 7) is 4.12. The van der Waals surface area contributed by atoms with Gasteiger partial charge in [-0.05, 0) is 48.7 Å². The van der Waals surface area contributed by atoms with E-state index in [0.29, 0.717) is 36.9 Å². The monoisotopic (exact) mass is 609 g/mol. The normalized spacial score (nSPS) is 13.9. The molecule has 10 nitrogen and oxygen atoms in total. The summed E-state index contributed by atoms with van der Waals surface area (Å²) < 4.78 is 43.8. The SMILES string of the molecule is CC[C@@H](C)NC(=O)[C@@H](Cc1ccccc1)N(Cc1cccc(OC)c1)C(=O)CN(c1ccc2c(c1)OCCO2)S(C)(=O)=O. The molecule has 0 saturated carbocycles. The van der Waals surface area contributed by atoms with Crippen LogP contribution in [0.4, 0.5) is 5.69 Å². The van der Waals surface area contributed by atoms with Crippen molar-refractivity contribution in [2.45, 2.75) is 45.3 Å². The summed E-state index contributed by atoms with van der Waals surface area (Å²) in [6.07, 6.45) is 1.99. The molecule has 0 radical (unpaired) electrons. The molecule has 2 atom stereocenters. The molecule has 0 aromatic heterocycles. The van der Waals surface area contributed by atoms with E-state index in [0.717, 1.165) is 21.7 Å². The molecule has 1 heterocycles. The topological polar surface area (TPSA) is 114 Å². The van der Waals surface area contributed by atoms with Gasteiger partial charge in [0.25, 0.3) is 0 Å². The molecule has 1 aliphatic heterocycles. The molecule has 43 heavy (non-hydrogen) atoms. The number of amides is 2. The number of hydrogen-bond acceptors (Lipinski definition) is 7. The average molecular weight is 610 g/mol. The number of sulfonamides is 1. The van der Waals surface area contributed by atoms with Crippen LogP contribution in [-0.4, -0.2) is 70.3 Å². The summed E-state index contributed by atoms with van der Waals surface area (Å²) in [7, 11) is -2.36. The number of nitrogens with zero attached hydrogens (tertiary/aromatic N) is 2. The van der Waals surface area contributed by atoms with Gasteiger partial charge in [-0.3, -0.25) is 13.9 Å². The highest BCUT2D eigenvalue weighted by atomic mass is 32.2. The van der Waals surface area contributed by atoms with Gasteiger partial charge >= 0.3 is 0 Å². The number of benzene rings is 3. The van der Waals surface area contributed by atoms with Crippen LogP contribution in [0.3, 0.4) is 0 Å². The van der Waals surface area contributed by atoms with Crippen LogP contribution in [0.2, 0.25) is 0 Å². The Kier molecular flexibility index (Phi) is 10.5. The molecule has 0 bridgehead atoms. The van der Waals surface area contributed by atoms with E-state index in [1.807, 2.05) is 50.2 Å². The summed E-state index contributed by atoms with van der Waals surface area (Å²) >= 11 is 0. The first-order valence-corrected chi connectivity index (χ1v) is 16.1. The molecular weight excluding hydrogens is 570 g/mol. The number of ether oxygens (including phenoxy) is 3. The van der Waals surface area contributed by atoms with Crippen molar-refractivity contribution in [2.75, 3.05) is 37.4 Å². The standard InChI is InChI=1S/C32H39N3O7S/c1-5-23(2)33-32(37)28(19-24-10-7-6-8-11-24)34(21-25-12-9-13-27(18-25)40-3)31(36)22-35(43(4,38)39)26-14-15-29-30(20-26)42-17-16-41-29/h6-15,18,20,23,28H,5,16-17,19,21-22H2,1-4H3,(H,33,37)/t23-,28-/m1/s1. The van der Waals surface area contributed by atoms with Gasteiger partial charge in [-0.1, -0.05) is 49.4 Å². The number of carbonyl (C=O) groups excluding carboxylic acids is 2. The summed E-state index contributed by atoms with van der Waals surface area (Å²) in [5.74, 6) is 0.637. The zero-order chi connectivity index (χ0) is 31.0. The Balaban J connectivity index is 1.74. The van der Waals surface area contributed by atoms with Gasteiger partial charge < -0.3 is 24.4 Å². The largest absolute Gasteiger partial charge is 0.497 e. The molecule has 0 saturated heterocycles. The van der Waals surface area contributed by atoms with Gasteiger partial charge in [0.1, 0.15) is 31.5 Å². The first kappa shape index (κ1) is 31.7. The van der Waals surface area contributed by atoms with E-state index in [4.69, 9.17) is 14.2 Å². The lowest BCUT2D eigenvalue weighted by molar-refractivity contribution is -0.140. The maximum atomic E-state index is 14.3. The summed E-state index contributed by atoms with van der Waals surface area (Å²) in [6, 6.07) is 20.4.